The maximum absolute atomic E-state index is 8.72. The summed E-state index contributed by atoms with van der Waals surface area (Å²) in [6.07, 6.45) is 0.435. The highest BCUT2D eigenvalue weighted by Crippen LogP contribution is 2.16. The summed E-state index contributed by atoms with van der Waals surface area (Å²) in [6, 6.07) is 1.24. The van der Waals surface area contributed by atoms with Crippen LogP contribution in [0.15, 0.2) is 6.07 Å². The fourth-order valence-corrected chi connectivity index (χ4v) is 1.22. The molecule has 0 bridgehead atoms. The molecule has 1 aromatic heterocycles. The van der Waals surface area contributed by atoms with Gasteiger partial charge >= 0.3 is 0 Å². The van der Waals surface area contributed by atoms with Gasteiger partial charge in [0.15, 0.2) is 10.3 Å². The average molecular weight is 222 g/mol. The van der Waals surface area contributed by atoms with E-state index in [0.717, 1.165) is 0 Å². The maximum atomic E-state index is 8.72. The van der Waals surface area contributed by atoms with Crippen LogP contribution in [0.1, 0.15) is 5.56 Å². The van der Waals surface area contributed by atoms with Crippen molar-refractivity contribution in [1.82, 2.24) is 10.2 Å². The van der Waals surface area contributed by atoms with Crippen molar-refractivity contribution in [3.63, 3.8) is 0 Å². The summed E-state index contributed by atoms with van der Waals surface area (Å²) in [5.41, 5.74) is 6.22. The lowest BCUT2D eigenvalue weighted by atomic mass is 10.1. The fourth-order valence-electron chi connectivity index (χ4n) is 0.878. The molecule has 6 heteroatoms. The van der Waals surface area contributed by atoms with E-state index in [2.05, 4.69) is 10.2 Å². The molecule has 1 unspecified atom stereocenters. The van der Waals surface area contributed by atoms with Gasteiger partial charge in [-0.05, 0) is 18.1 Å². The molecule has 0 fully saturated rings. The van der Waals surface area contributed by atoms with Crippen molar-refractivity contribution in [1.29, 1.82) is 0 Å². The Balaban J connectivity index is 2.81. The number of hydrogen-bond donors (Lipinski definition) is 2. The number of aliphatic hydroxyl groups excluding tert-OH is 1. The highest BCUT2D eigenvalue weighted by molar-refractivity contribution is 6.31. The molecule has 4 nitrogen and oxygen atoms in total. The van der Waals surface area contributed by atoms with Crippen LogP contribution in [-0.4, -0.2) is 28.0 Å². The van der Waals surface area contributed by atoms with E-state index in [1.165, 1.54) is 0 Å². The van der Waals surface area contributed by atoms with E-state index in [4.69, 9.17) is 34.0 Å². The number of nitrogens with zero attached hydrogens (tertiary/aromatic N) is 2. The van der Waals surface area contributed by atoms with Gasteiger partial charge < -0.3 is 10.8 Å². The lowest BCUT2D eigenvalue weighted by Crippen LogP contribution is -2.27. The Bertz CT molecular complexity index is 295. The van der Waals surface area contributed by atoms with Crippen LogP contribution in [0.2, 0.25) is 10.3 Å². The minimum Gasteiger partial charge on any atom is -0.395 e. The molecule has 0 aliphatic heterocycles. The van der Waals surface area contributed by atoms with Crippen LogP contribution < -0.4 is 5.73 Å². The second-order valence-electron chi connectivity index (χ2n) is 2.63. The Morgan fingerprint density at radius 3 is 2.77 bits per heavy atom. The molecule has 13 heavy (non-hydrogen) atoms. The van der Waals surface area contributed by atoms with Gasteiger partial charge in [0.25, 0.3) is 0 Å². The van der Waals surface area contributed by atoms with Crippen molar-refractivity contribution in [2.75, 3.05) is 6.61 Å². The Labute approximate surface area is 85.7 Å². The zero-order valence-corrected chi connectivity index (χ0v) is 8.26. The summed E-state index contributed by atoms with van der Waals surface area (Å²) < 4.78 is 0. The zero-order valence-electron chi connectivity index (χ0n) is 6.74. The van der Waals surface area contributed by atoms with Crippen LogP contribution >= 0.6 is 23.2 Å². The molecular weight excluding hydrogens is 213 g/mol. The van der Waals surface area contributed by atoms with Gasteiger partial charge in [-0.2, -0.15) is 0 Å². The van der Waals surface area contributed by atoms with Crippen molar-refractivity contribution in [3.05, 3.63) is 21.9 Å². The molecule has 1 atom stereocenters. The summed E-state index contributed by atoms with van der Waals surface area (Å²) in [6.45, 7) is -0.101. The molecule has 3 N–H and O–H groups in total. The molecule has 0 aliphatic carbocycles. The van der Waals surface area contributed by atoms with Gasteiger partial charge in [0.2, 0.25) is 0 Å². The first-order valence-electron chi connectivity index (χ1n) is 3.67. The second-order valence-corrected chi connectivity index (χ2v) is 3.38. The molecule has 1 aromatic rings. The van der Waals surface area contributed by atoms with Gasteiger partial charge in [-0.15, -0.1) is 10.2 Å². The van der Waals surface area contributed by atoms with Gasteiger partial charge in [0.1, 0.15) is 0 Å². The number of rotatable bonds is 3. The molecule has 1 heterocycles. The van der Waals surface area contributed by atoms with Gasteiger partial charge in [-0.25, -0.2) is 0 Å². The third-order valence-corrected chi connectivity index (χ3v) is 2.01. The van der Waals surface area contributed by atoms with E-state index < -0.39 is 0 Å². The monoisotopic (exact) mass is 221 g/mol. The topological polar surface area (TPSA) is 72.0 Å². The zero-order chi connectivity index (χ0) is 9.84. The predicted molar refractivity (Wildman–Crippen MR) is 50.8 cm³/mol. The molecule has 1 rings (SSSR count). The molecule has 0 aliphatic rings. The fraction of sp³-hybridized carbons (Fsp3) is 0.429. The van der Waals surface area contributed by atoms with E-state index in [9.17, 15) is 0 Å². The molecule has 0 saturated carbocycles. The highest BCUT2D eigenvalue weighted by atomic mass is 35.5. The van der Waals surface area contributed by atoms with Crippen molar-refractivity contribution in [2.24, 2.45) is 5.73 Å². The van der Waals surface area contributed by atoms with E-state index in [-0.39, 0.29) is 23.0 Å². The molecule has 0 saturated heterocycles. The normalized spacial score (nSPS) is 12.9. The SMILES string of the molecule is NC(CO)Cc1cc(Cl)nnc1Cl. The van der Waals surface area contributed by atoms with Gasteiger partial charge in [0.05, 0.1) is 6.61 Å². The molecule has 0 spiro atoms. The lowest BCUT2D eigenvalue weighted by molar-refractivity contribution is 0.265. The Hall–Kier alpha value is -0.420. The number of aromatic nitrogens is 2. The first-order chi connectivity index (χ1) is 6.13. The molecular formula is C7H9Cl2N3O. The summed E-state index contributed by atoms with van der Waals surface area (Å²) in [5, 5.41) is 16.4. The number of halogens is 2. The highest BCUT2D eigenvalue weighted by Gasteiger charge is 2.08. The van der Waals surface area contributed by atoms with Crippen LogP contribution in [0.3, 0.4) is 0 Å². The van der Waals surface area contributed by atoms with Gasteiger partial charge in [0, 0.05) is 6.04 Å². The Morgan fingerprint density at radius 1 is 1.46 bits per heavy atom. The third kappa shape index (κ3) is 3.08. The van der Waals surface area contributed by atoms with Crippen LogP contribution in [0.25, 0.3) is 0 Å². The summed E-state index contributed by atoms with van der Waals surface area (Å²) in [7, 11) is 0. The summed E-state index contributed by atoms with van der Waals surface area (Å²) in [5.74, 6) is 0. The van der Waals surface area contributed by atoms with Gasteiger partial charge in [-0.3, -0.25) is 0 Å². The van der Waals surface area contributed by atoms with E-state index in [0.29, 0.717) is 12.0 Å². The van der Waals surface area contributed by atoms with Crippen molar-refractivity contribution < 1.29 is 5.11 Å². The second kappa shape index (κ2) is 4.72. The number of hydrogen-bond acceptors (Lipinski definition) is 4. The van der Waals surface area contributed by atoms with Crippen LogP contribution in [0.5, 0.6) is 0 Å². The molecule has 0 amide bonds. The number of nitrogens with two attached hydrogens (primary N) is 1. The first kappa shape index (κ1) is 10.7. The van der Waals surface area contributed by atoms with Crippen molar-refractivity contribution in [3.8, 4) is 0 Å². The minimum absolute atomic E-state index is 0.101. The van der Waals surface area contributed by atoms with Crippen LogP contribution in [0.4, 0.5) is 0 Å². The summed E-state index contributed by atoms with van der Waals surface area (Å²) in [4.78, 5) is 0. The first-order valence-corrected chi connectivity index (χ1v) is 4.43. The summed E-state index contributed by atoms with van der Waals surface area (Å²) >= 11 is 11.3. The molecule has 0 aromatic carbocycles. The quantitative estimate of drug-likeness (QED) is 0.787. The van der Waals surface area contributed by atoms with Crippen LogP contribution in [0, 0.1) is 0 Å². The minimum atomic E-state index is -0.349. The third-order valence-electron chi connectivity index (χ3n) is 1.51. The standard InChI is InChI=1S/C7H9Cl2N3O/c8-6-2-4(1-5(10)3-13)7(9)12-11-6/h2,5,13H,1,3,10H2. The van der Waals surface area contributed by atoms with E-state index in [1.54, 1.807) is 6.07 Å². The molecule has 0 radical (unpaired) electrons. The largest absolute Gasteiger partial charge is 0.395 e. The predicted octanol–water partition coefficient (Wildman–Crippen LogP) is 0.645. The van der Waals surface area contributed by atoms with E-state index >= 15 is 0 Å². The Kier molecular flexibility index (Phi) is 3.87. The smallest absolute Gasteiger partial charge is 0.155 e. The van der Waals surface area contributed by atoms with Crippen molar-refractivity contribution in [2.45, 2.75) is 12.5 Å². The average Bonchev–Trinajstić information content (AvgIpc) is 2.11. The van der Waals surface area contributed by atoms with Gasteiger partial charge in [-0.1, -0.05) is 23.2 Å². The number of aliphatic hydroxyl groups is 1. The van der Waals surface area contributed by atoms with E-state index in [1.807, 2.05) is 0 Å². The van der Waals surface area contributed by atoms with Crippen LogP contribution in [-0.2, 0) is 6.42 Å². The lowest BCUT2D eigenvalue weighted by Gasteiger charge is -2.08. The van der Waals surface area contributed by atoms with Crippen molar-refractivity contribution >= 4 is 23.2 Å². The molecule has 72 valence electrons. The Morgan fingerprint density at radius 2 is 2.15 bits per heavy atom. The maximum Gasteiger partial charge on any atom is 0.155 e.